The van der Waals surface area contributed by atoms with Crippen LogP contribution in [0.25, 0.3) is 0 Å². The number of rotatable bonds is 4. The van der Waals surface area contributed by atoms with Crippen molar-refractivity contribution in [3.05, 3.63) is 18.5 Å². The van der Waals surface area contributed by atoms with Crippen LogP contribution in [0.4, 0.5) is 5.95 Å². The highest BCUT2D eigenvalue weighted by Gasteiger charge is 2.42. The Morgan fingerprint density at radius 2 is 1.86 bits per heavy atom. The number of carbonyl (C=O) groups is 2. The van der Waals surface area contributed by atoms with Gasteiger partial charge in [0.2, 0.25) is 17.8 Å². The van der Waals surface area contributed by atoms with Gasteiger partial charge in [-0.3, -0.25) is 9.59 Å². The second-order valence-electron chi connectivity index (χ2n) is 7.82. The zero-order valence-electron chi connectivity index (χ0n) is 15.7. The topological polar surface area (TPSA) is 113 Å². The number of hydrogen-bond donors (Lipinski definition) is 1. The molecule has 1 aromatic heterocycles. The molecule has 0 spiro atoms. The molecule has 4 heterocycles. The molecule has 0 aliphatic carbocycles. The lowest BCUT2D eigenvalue weighted by atomic mass is 10.0. The van der Waals surface area contributed by atoms with Gasteiger partial charge >= 0.3 is 0 Å². The molecule has 2 amide bonds. The first kappa shape index (κ1) is 19.1. The molecule has 3 saturated heterocycles. The van der Waals surface area contributed by atoms with Gasteiger partial charge < -0.3 is 15.1 Å². The molecule has 4 rings (SSSR count). The minimum absolute atomic E-state index is 0.0209. The van der Waals surface area contributed by atoms with Crippen LogP contribution < -0.4 is 10.2 Å². The average molecular weight is 407 g/mol. The van der Waals surface area contributed by atoms with Gasteiger partial charge in [-0.25, -0.2) is 18.4 Å². The van der Waals surface area contributed by atoms with Crippen LogP contribution in [0, 0.1) is 5.92 Å². The third kappa shape index (κ3) is 4.11. The Kier molecular flexibility index (Phi) is 5.22. The summed E-state index contributed by atoms with van der Waals surface area (Å²) >= 11 is 0. The summed E-state index contributed by atoms with van der Waals surface area (Å²) in [4.78, 5) is 37.2. The second kappa shape index (κ2) is 7.65. The number of piperidine rings is 1. The predicted molar refractivity (Wildman–Crippen MR) is 102 cm³/mol. The molecule has 3 aliphatic rings. The highest BCUT2D eigenvalue weighted by atomic mass is 32.2. The maximum atomic E-state index is 12.7. The van der Waals surface area contributed by atoms with E-state index in [1.54, 1.807) is 23.4 Å². The fourth-order valence-corrected chi connectivity index (χ4v) is 6.01. The Morgan fingerprint density at radius 1 is 1.14 bits per heavy atom. The fourth-order valence-electron chi connectivity index (χ4n) is 4.28. The molecule has 0 bridgehead atoms. The second-order valence-corrected chi connectivity index (χ2v) is 10.1. The number of aromatic nitrogens is 2. The van der Waals surface area contributed by atoms with Gasteiger partial charge in [0.15, 0.2) is 9.84 Å². The van der Waals surface area contributed by atoms with Gasteiger partial charge in [-0.05, 0) is 25.3 Å². The normalized spacial score (nSPS) is 27.9. The predicted octanol–water partition coefficient (Wildman–Crippen LogP) is -0.403. The van der Waals surface area contributed by atoms with Crippen molar-refractivity contribution in [1.29, 1.82) is 0 Å². The largest absolute Gasteiger partial charge is 0.353 e. The lowest BCUT2D eigenvalue weighted by Crippen LogP contribution is -2.47. The third-order valence-corrected chi connectivity index (χ3v) is 7.61. The van der Waals surface area contributed by atoms with E-state index in [2.05, 4.69) is 20.2 Å². The Hall–Kier alpha value is -2.23. The number of carbonyl (C=O) groups excluding carboxylic acids is 2. The molecule has 0 saturated carbocycles. The standard InChI is InChI=1S/C18H25N5O4S/c24-16-10-13(11-23(16)15-4-9-28(26,27)12-15)17(25)21-14-2-7-22(8-3-14)18-19-5-1-6-20-18/h1,5-6,13-15H,2-4,7-12H2,(H,21,25)/t13-,15+/m1/s1. The monoisotopic (exact) mass is 407 g/mol. The molecule has 0 radical (unpaired) electrons. The van der Waals surface area contributed by atoms with Crippen LogP contribution >= 0.6 is 0 Å². The van der Waals surface area contributed by atoms with Crippen molar-refractivity contribution in [3.63, 3.8) is 0 Å². The lowest BCUT2D eigenvalue weighted by molar-refractivity contribution is -0.130. The Morgan fingerprint density at radius 3 is 2.50 bits per heavy atom. The van der Waals surface area contributed by atoms with Crippen LogP contribution in [0.5, 0.6) is 0 Å². The van der Waals surface area contributed by atoms with Gasteiger partial charge in [-0.1, -0.05) is 0 Å². The van der Waals surface area contributed by atoms with Gasteiger partial charge in [0, 0.05) is 50.5 Å². The van der Waals surface area contributed by atoms with E-state index >= 15 is 0 Å². The molecule has 2 atom stereocenters. The van der Waals surface area contributed by atoms with Crippen LogP contribution in [-0.4, -0.2) is 78.3 Å². The molecule has 3 aliphatic heterocycles. The molecule has 1 aromatic rings. The molecular weight excluding hydrogens is 382 g/mol. The smallest absolute Gasteiger partial charge is 0.225 e. The van der Waals surface area contributed by atoms with Crippen LogP contribution in [0.1, 0.15) is 25.7 Å². The maximum absolute atomic E-state index is 12.7. The van der Waals surface area contributed by atoms with E-state index in [1.807, 2.05) is 0 Å². The van der Waals surface area contributed by atoms with Crippen molar-refractivity contribution >= 4 is 27.6 Å². The summed E-state index contributed by atoms with van der Waals surface area (Å²) < 4.78 is 23.4. The number of sulfone groups is 1. The van der Waals surface area contributed by atoms with Gasteiger partial charge in [0.25, 0.3) is 0 Å². The Labute approximate surface area is 164 Å². The number of nitrogens with zero attached hydrogens (tertiary/aromatic N) is 4. The maximum Gasteiger partial charge on any atom is 0.225 e. The summed E-state index contributed by atoms with van der Waals surface area (Å²) in [7, 11) is -3.05. The Balaban J connectivity index is 1.27. The molecule has 0 aromatic carbocycles. The summed E-state index contributed by atoms with van der Waals surface area (Å²) in [5.74, 6) is 0.237. The van der Waals surface area contributed by atoms with E-state index in [1.165, 1.54) is 0 Å². The first-order valence-electron chi connectivity index (χ1n) is 9.73. The van der Waals surface area contributed by atoms with Crippen LogP contribution in [0.15, 0.2) is 18.5 Å². The summed E-state index contributed by atoms with van der Waals surface area (Å²) in [6.45, 7) is 1.86. The Bertz CT molecular complexity index is 839. The van der Waals surface area contributed by atoms with Gasteiger partial charge in [0.1, 0.15) is 0 Å². The van der Waals surface area contributed by atoms with E-state index in [0.29, 0.717) is 18.9 Å². The summed E-state index contributed by atoms with van der Waals surface area (Å²) in [6, 6.07) is 1.58. The number of anilines is 1. The van der Waals surface area contributed by atoms with E-state index in [0.717, 1.165) is 25.9 Å². The molecule has 10 heteroatoms. The van der Waals surface area contributed by atoms with Crippen molar-refractivity contribution < 1.29 is 18.0 Å². The zero-order valence-corrected chi connectivity index (χ0v) is 16.5. The van der Waals surface area contributed by atoms with Crippen molar-refractivity contribution in [1.82, 2.24) is 20.2 Å². The summed E-state index contributed by atoms with van der Waals surface area (Å²) in [5, 5.41) is 3.08. The number of likely N-dealkylation sites (tertiary alicyclic amines) is 1. The third-order valence-electron chi connectivity index (χ3n) is 5.85. The lowest BCUT2D eigenvalue weighted by Gasteiger charge is -2.32. The molecule has 1 N–H and O–H groups in total. The molecule has 28 heavy (non-hydrogen) atoms. The van der Waals surface area contributed by atoms with Crippen molar-refractivity contribution in [2.24, 2.45) is 5.92 Å². The van der Waals surface area contributed by atoms with Crippen molar-refractivity contribution in [2.75, 3.05) is 36.0 Å². The van der Waals surface area contributed by atoms with E-state index < -0.39 is 15.8 Å². The van der Waals surface area contributed by atoms with Crippen molar-refractivity contribution in [2.45, 2.75) is 37.8 Å². The molecule has 9 nitrogen and oxygen atoms in total. The van der Waals surface area contributed by atoms with Crippen LogP contribution in [0.3, 0.4) is 0 Å². The average Bonchev–Trinajstić information content (AvgIpc) is 3.25. The number of nitrogens with one attached hydrogen (secondary N) is 1. The summed E-state index contributed by atoms with van der Waals surface area (Å²) in [6.07, 6.45) is 5.68. The van der Waals surface area contributed by atoms with Gasteiger partial charge in [-0.15, -0.1) is 0 Å². The zero-order chi connectivity index (χ0) is 19.7. The molecular formula is C18H25N5O4S. The number of hydrogen-bond acceptors (Lipinski definition) is 7. The van der Waals surface area contributed by atoms with E-state index in [-0.39, 0.29) is 41.8 Å². The highest BCUT2D eigenvalue weighted by molar-refractivity contribution is 7.91. The SMILES string of the molecule is O=C(NC1CCN(c2ncccn2)CC1)[C@@H]1CC(=O)N([C@H]2CCS(=O)(=O)C2)C1. The quantitative estimate of drug-likeness (QED) is 0.722. The molecule has 152 valence electrons. The first-order valence-corrected chi connectivity index (χ1v) is 11.6. The highest BCUT2D eigenvalue weighted by Crippen LogP contribution is 2.26. The minimum Gasteiger partial charge on any atom is -0.353 e. The van der Waals surface area contributed by atoms with E-state index in [4.69, 9.17) is 0 Å². The van der Waals surface area contributed by atoms with Crippen LogP contribution in [-0.2, 0) is 19.4 Å². The van der Waals surface area contributed by atoms with E-state index in [9.17, 15) is 18.0 Å². The first-order chi connectivity index (χ1) is 13.4. The molecule has 3 fully saturated rings. The fraction of sp³-hybridized carbons (Fsp3) is 0.667. The van der Waals surface area contributed by atoms with Gasteiger partial charge in [0.05, 0.1) is 17.4 Å². The molecule has 0 unspecified atom stereocenters. The summed E-state index contributed by atoms with van der Waals surface area (Å²) in [5.41, 5.74) is 0. The van der Waals surface area contributed by atoms with Gasteiger partial charge in [-0.2, -0.15) is 0 Å². The van der Waals surface area contributed by atoms with Crippen LogP contribution in [0.2, 0.25) is 0 Å². The minimum atomic E-state index is -3.05. The van der Waals surface area contributed by atoms with Crippen molar-refractivity contribution in [3.8, 4) is 0 Å². The number of amides is 2.